The van der Waals surface area contributed by atoms with E-state index in [4.69, 9.17) is 4.74 Å². The van der Waals surface area contributed by atoms with Crippen molar-refractivity contribution in [2.75, 3.05) is 6.61 Å². The molecule has 0 saturated heterocycles. The average molecular weight is 291 g/mol. The number of rotatable bonds is 4. The van der Waals surface area contributed by atoms with Gasteiger partial charge in [-0.15, -0.1) is 0 Å². The van der Waals surface area contributed by atoms with Crippen LogP contribution in [0.15, 0.2) is 53.0 Å². The van der Waals surface area contributed by atoms with Gasteiger partial charge in [-0.3, -0.25) is 0 Å². The lowest BCUT2D eigenvalue weighted by molar-refractivity contribution is 0.340. The van der Waals surface area contributed by atoms with Gasteiger partial charge in [0.2, 0.25) is 0 Å². The fourth-order valence-electron chi connectivity index (χ4n) is 1.75. The van der Waals surface area contributed by atoms with E-state index in [-0.39, 0.29) is 0 Å². The Kier molecular flexibility index (Phi) is 4.21. The summed E-state index contributed by atoms with van der Waals surface area (Å²) in [5.74, 6) is 0.936. The van der Waals surface area contributed by atoms with E-state index in [1.807, 2.05) is 25.1 Å². The lowest BCUT2D eigenvalue weighted by Gasteiger charge is -2.05. The molecule has 0 saturated carbocycles. The molecule has 0 aliphatic carbocycles. The van der Waals surface area contributed by atoms with Crippen LogP contribution in [0.1, 0.15) is 18.1 Å². The monoisotopic (exact) mass is 290 g/mol. The zero-order chi connectivity index (χ0) is 12.1. The summed E-state index contributed by atoms with van der Waals surface area (Å²) >= 11 is 3.49. The molecular formula is C15H15BrO. The maximum Gasteiger partial charge on any atom is 0.119 e. The van der Waals surface area contributed by atoms with E-state index in [9.17, 15) is 0 Å². The van der Waals surface area contributed by atoms with Crippen molar-refractivity contribution in [3.63, 3.8) is 0 Å². The highest BCUT2D eigenvalue weighted by molar-refractivity contribution is 9.10. The summed E-state index contributed by atoms with van der Waals surface area (Å²) in [4.78, 5) is 0. The van der Waals surface area contributed by atoms with Gasteiger partial charge >= 0.3 is 0 Å². The Hall–Kier alpha value is -1.28. The highest BCUT2D eigenvalue weighted by Crippen LogP contribution is 2.17. The van der Waals surface area contributed by atoms with Crippen molar-refractivity contribution in [3.05, 3.63) is 64.1 Å². The third-order valence-electron chi connectivity index (χ3n) is 2.53. The van der Waals surface area contributed by atoms with Crippen LogP contribution in [0.5, 0.6) is 5.75 Å². The predicted molar refractivity (Wildman–Crippen MR) is 74.6 cm³/mol. The van der Waals surface area contributed by atoms with Crippen LogP contribution in [0.2, 0.25) is 0 Å². The summed E-state index contributed by atoms with van der Waals surface area (Å²) in [6, 6.07) is 16.7. The van der Waals surface area contributed by atoms with Crippen molar-refractivity contribution in [3.8, 4) is 5.75 Å². The third-order valence-corrected chi connectivity index (χ3v) is 3.02. The largest absolute Gasteiger partial charge is 0.494 e. The van der Waals surface area contributed by atoms with Gasteiger partial charge in [-0.2, -0.15) is 0 Å². The van der Waals surface area contributed by atoms with Crippen molar-refractivity contribution < 1.29 is 4.74 Å². The van der Waals surface area contributed by atoms with Crippen molar-refractivity contribution >= 4 is 15.9 Å². The summed E-state index contributed by atoms with van der Waals surface area (Å²) in [6.45, 7) is 2.71. The molecule has 88 valence electrons. The molecule has 0 amide bonds. The molecule has 2 aromatic carbocycles. The molecule has 2 aromatic rings. The average Bonchev–Trinajstić information content (AvgIpc) is 2.32. The van der Waals surface area contributed by atoms with Crippen molar-refractivity contribution in [2.45, 2.75) is 13.3 Å². The SMILES string of the molecule is CCOc1ccc(Cc2cccc(Br)c2)cc1. The maximum absolute atomic E-state index is 5.42. The third kappa shape index (κ3) is 3.60. The fourth-order valence-corrected chi connectivity index (χ4v) is 2.20. The molecule has 0 aliphatic heterocycles. The number of benzene rings is 2. The van der Waals surface area contributed by atoms with Crippen molar-refractivity contribution in [2.24, 2.45) is 0 Å². The van der Waals surface area contributed by atoms with Gasteiger partial charge in [0.05, 0.1) is 6.61 Å². The van der Waals surface area contributed by atoms with Gasteiger partial charge in [-0.25, -0.2) is 0 Å². The summed E-state index contributed by atoms with van der Waals surface area (Å²) in [6.07, 6.45) is 0.950. The van der Waals surface area contributed by atoms with Crippen molar-refractivity contribution in [1.29, 1.82) is 0 Å². The Morgan fingerprint density at radius 3 is 2.41 bits per heavy atom. The van der Waals surface area contributed by atoms with Gasteiger partial charge in [0.15, 0.2) is 0 Å². The first kappa shape index (κ1) is 12.2. The van der Waals surface area contributed by atoms with Crippen LogP contribution < -0.4 is 4.74 Å². The first-order chi connectivity index (χ1) is 8.28. The molecule has 0 fully saturated rings. The molecular weight excluding hydrogens is 276 g/mol. The van der Waals surface area contributed by atoms with Gasteiger partial charge in [0, 0.05) is 4.47 Å². The first-order valence-corrected chi connectivity index (χ1v) is 6.53. The highest BCUT2D eigenvalue weighted by atomic mass is 79.9. The highest BCUT2D eigenvalue weighted by Gasteiger charge is 1.98. The fraction of sp³-hybridized carbons (Fsp3) is 0.200. The normalized spacial score (nSPS) is 10.2. The standard InChI is InChI=1S/C15H15BrO/c1-2-17-15-8-6-12(7-9-15)10-13-4-3-5-14(16)11-13/h3-9,11H,2,10H2,1H3. The van der Waals surface area contributed by atoms with Crippen LogP contribution in [-0.2, 0) is 6.42 Å². The molecule has 0 bridgehead atoms. The van der Waals surface area contributed by atoms with E-state index in [0.29, 0.717) is 6.61 Å². The Bertz CT molecular complexity index is 477. The van der Waals surface area contributed by atoms with E-state index in [1.54, 1.807) is 0 Å². The minimum Gasteiger partial charge on any atom is -0.494 e. The molecule has 0 spiro atoms. The lowest BCUT2D eigenvalue weighted by Crippen LogP contribution is -1.92. The van der Waals surface area contributed by atoms with E-state index in [1.165, 1.54) is 11.1 Å². The summed E-state index contributed by atoms with van der Waals surface area (Å²) in [5.41, 5.74) is 2.61. The predicted octanol–water partition coefficient (Wildman–Crippen LogP) is 4.44. The Labute approximate surface area is 111 Å². The van der Waals surface area contributed by atoms with Crippen LogP contribution in [0.3, 0.4) is 0 Å². The van der Waals surface area contributed by atoms with Gasteiger partial charge in [0.25, 0.3) is 0 Å². The Balaban J connectivity index is 2.08. The van der Waals surface area contributed by atoms with E-state index in [0.717, 1.165) is 16.6 Å². The molecule has 17 heavy (non-hydrogen) atoms. The molecule has 1 nitrogen and oxygen atoms in total. The van der Waals surface area contributed by atoms with Gasteiger partial charge in [-0.1, -0.05) is 40.2 Å². The van der Waals surface area contributed by atoms with Crippen LogP contribution in [-0.4, -0.2) is 6.61 Å². The molecule has 0 atom stereocenters. The van der Waals surface area contributed by atoms with E-state index in [2.05, 4.69) is 46.3 Å². The second kappa shape index (κ2) is 5.87. The van der Waals surface area contributed by atoms with Crippen LogP contribution in [0, 0.1) is 0 Å². The molecule has 2 rings (SSSR count). The van der Waals surface area contributed by atoms with Crippen LogP contribution in [0.25, 0.3) is 0 Å². The molecule has 2 heteroatoms. The minimum atomic E-state index is 0.713. The van der Waals surface area contributed by atoms with E-state index >= 15 is 0 Å². The lowest BCUT2D eigenvalue weighted by atomic mass is 10.1. The quantitative estimate of drug-likeness (QED) is 0.809. The molecule has 0 N–H and O–H groups in total. The summed E-state index contributed by atoms with van der Waals surface area (Å²) in [7, 11) is 0. The first-order valence-electron chi connectivity index (χ1n) is 5.74. The van der Waals surface area contributed by atoms with Gasteiger partial charge in [-0.05, 0) is 48.7 Å². The van der Waals surface area contributed by atoms with E-state index < -0.39 is 0 Å². The molecule has 0 unspecified atom stereocenters. The molecule has 0 aliphatic rings. The topological polar surface area (TPSA) is 9.23 Å². The Morgan fingerprint density at radius 1 is 1.00 bits per heavy atom. The molecule has 0 aromatic heterocycles. The maximum atomic E-state index is 5.42. The summed E-state index contributed by atoms with van der Waals surface area (Å²) < 4.78 is 6.55. The summed E-state index contributed by atoms with van der Waals surface area (Å²) in [5, 5.41) is 0. The number of hydrogen-bond donors (Lipinski definition) is 0. The second-order valence-corrected chi connectivity index (χ2v) is 4.80. The zero-order valence-corrected chi connectivity index (χ0v) is 11.4. The van der Waals surface area contributed by atoms with Gasteiger partial charge in [0.1, 0.15) is 5.75 Å². The smallest absolute Gasteiger partial charge is 0.119 e. The van der Waals surface area contributed by atoms with Crippen LogP contribution >= 0.6 is 15.9 Å². The van der Waals surface area contributed by atoms with Gasteiger partial charge < -0.3 is 4.74 Å². The molecule has 0 heterocycles. The second-order valence-electron chi connectivity index (χ2n) is 3.88. The van der Waals surface area contributed by atoms with Crippen LogP contribution in [0.4, 0.5) is 0 Å². The number of halogens is 1. The zero-order valence-electron chi connectivity index (χ0n) is 9.82. The number of ether oxygens (including phenoxy) is 1. The Morgan fingerprint density at radius 2 is 1.76 bits per heavy atom. The number of hydrogen-bond acceptors (Lipinski definition) is 1. The molecule has 0 radical (unpaired) electrons. The minimum absolute atomic E-state index is 0.713. The van der Waals surface area contributed by atoms with Crippen molar-refractivity contribution in [1.82, 2.24) is 0 Å².